The Morgan fingerprint density at radius 1 is 0.952 bits per heavy atom. The lowest BCUT2D eigenvalue weighted by Crippen LogP contribution is -2.19. The Bertz CT molecular complexity index is 608. The van der Waals surface area contributed by atoms with E-state index in [2.05, 4.69) is 12.2 Å². The lowest BCUT2D eigenvalue weighted by molar-refractivity contribution is 0.449. The fraction of sp³-hybridized carbons (Fsp3) is 0.294. The Balaban J connectivity index is 2.25. The molecule has 0 radical (unpaired) electrons. The number of halogens is 3. The first-order valence-corrected chi connectivity index (χ1v) is 7.01. The summed E-state index contributed by atoms with van der Waals surface area (Å²) >= 11 is 0. The molecule has 1 atom stereocenters. The van der Waals surface area contributed by atoms with Gasteiger partial charge in [-0.15, -0.1) is 0 Å². The molecule has 0 fully saturated rings. The van der Waals surface area contributed by atoms with Crippen LogP contribution in [0.2, 0.25) is 0 Å². The summed E-state index contributed by atoms with van der Waals surface area (Å²) in [5.74, 6) is -3.76. The highest BCUT2D eigenvalue weighted by Crippen LogP contribution is 2.27. The largest absolute Gasteiger partial charge is 0.310 e. The maximum absolute atomic E-state index is 13.7. The van der Waals surface area contributed by atoms with Crippen molar-refractivity contribution >= 4 is 0 Å². The molecule has 4 heteroatoms. The molecule has 0 saturated heterocycles. The Hall–Kier alpha value is -1.81. The molecular weight excluding hydrogens is 275 g/mol. The molecule has 21 heavy (non-hydrogen) atoms. The molecule has 0 heterocycles. The molecule has 0 aliphatic heterocycles. The molecule has 0 saturated carbocycles. The Morgan fingerprint density at radius 3 is 2.24 bits per heavy atom. The third-order valence-electron chi connectivity index (χ3n) is 3.46. The zero-order chi connectivity index (χ0) is 15.4. The van der Waals surface area contributed by atoms with E-state index < -0.39 is 17.5 Å². The average molecular weight is 293 g/mol. The van der Waals surface area contributed by atoms with Gasteiger partial charge in [0.05, 0.1) is 0 Å². The summed E-state index contributed by atoms with van der Waals surface area (Å²) in [7, 11) is 0. The van der Waals surface area contributed by atoms with Gasteiger partial charge in [-0.05, 0) is 43.1 Å². The molecule has 0 aliphatic rings. The van der Waals surface area contributed by atoms with Crippen molar-refractivity contribution in [1.82, 2.24) is 5.32 Å². The van der Waals surface area contributed by atoms with Crippen molar-refractivity contribution in [3.05, 3.63) is 59.4 Å². The van der Waals surface area contributed by atoms with E-state index in [-0.39, 0.29) is 11.6 Å². The SMILES string of the molecule is CCCNC(C)c1ccc(-c2ccc(F)c(F)c2F)cc1. The average Bonchev–Trinajstić information content (AvgIpc) is 2.51. The highest BCUT2D eigenvalue weighted by molar-refractivity contribution is 5.64. The first-order chi connectivity index (χ1) is 10.0. The van der Waals surface area contributed by atoms with Crippen LogP contribution in [0.5, 0.6) is 0 Å². The van der Waals surface area contributed by atoms with E-state index in [4.69, 9.17) is 0 Å². The van der Waals surface area contributed by atoms with Crippen LogP contribution in [-0.4, -0.2) is 6.54 Å². The van der Waals surface area contributed by atoms with Gasteiger partial charge in [0.15, 0.2) is 17.5 Å². The minimum atomic E-state index is -1.44. The van der Waals surface area contributed by atoms with Crippen LogP contribution < -0.4 is 5.32 Å². The molecule has 112 valence electrons. The van der Waals surface area contributed by atoms with Gasteiger partial charge >= 0.3 is 0 Å². The highest BCUT2D eigenvalue weighted by Gasteiger charge is 2.14. The summed E-state index contributed by atoms with van der Waals surface area (Å²) in [5, 5.41) is 3.35. The number of hydrogen-bond acceptors (Lipinski definition) is 1. The predicted molar refractivity (Wildman–Crippen MR) is 78.5 cm³/mol. The van der Waals surface area contributed by atoms with Crippen LogP contribution in [0.15, 0.2) is 36.4 Å². The van der Waals surface area contributed by atoms with Crippen molar-refractivity contribution in [2.45, 2.75) is 26.3 Å². The predicted octanol–water partition coefficient (Wildman–Crippen LogP) is 4.83. The molecule has 0 spiro atoms. The standard InChI is InChI=1S/C17H18F3N/c1-3-10-21-11(2)12-4-6-13(7-5-12)14-8-9-15(18)17(20)16(14)19/h4-9,11,21H,3,10H2,1-2H3. The molecule has 1 N–H and O–H groups in total. The third-order valence-corrected chi connectivity index (χ3v) is 3.46. The van der Waals surface area contributed by atoms with Gasteiger partial charge in [0.2, 0.25) is 0 Å². The summed E-state index contributed by atoms with van der Waals surface area (Å²) in [4.78, 5) is 0. The van der Waals surface area contributed by atoms with Crippen LogP contribution in [0.25, 0.3) is 11.1 Å². The second-order valence-electron chi connectivity index (χ2n) is 5.02. The van der Waals surface area contributed by atoms with E-state index >= 15 is 0 Å². The maximum atomic E-state index is 13.7. The Kier molecular flexibility index (Phi) is 5.02. The quantitative estimate of drug-likeness (QED) is 0.778. The van der Waals surface area contributed by atoms with E-state index in [1.807, 2.05) is 19.1 Å². The molecule has 0 amide bonds. The van der Waals surface area contributed by atoms with E-state index in [0.29, 0.717) is 5.56 Å². The third kappa shape index (κ3) is 3.45. The van der Waals surface area contributed by atoms with E-state index in [1.54, 1.807) is 12.1 Å². The molecular formula is C17H18F3N. The molecule has 2 rings (SSSR count). The minimum Gasteiger partial charge on any atom is -0.310 e. The van der Waals surface area contributed by atoms with Crippen LogP contribution in [0.4, 0.5) is 13.2 Å². The first-order valence-electron chi connectivity index (χ1n) is 7.01. The zero-order valence-electron chi connectivity index (χ0n) is 12.1. The van der Waals surface area contributed by atoms with Crippen LogP contribution in [0, 0.1) is 17.5 Å². The van der Waals surface area contributed by atoms with Crippen molar-refractivity contribution in [2.75, 3.05) is 6.54 Å². The monoisotopic (exact) mass is 293 g/mol. The number of nitrogens with one attached hydrogen (secondary N) is 1. The van der Waals surface area contributed by atoms with Crippen molar-refractivity contribution in [3.63, 3.8) is 0 Å². The molecule has 2 aromatic rings. The number of benzene rings is 2. The van der Waals surface area contributed by atoms with Gasteiger partial charge in [-0.2, -0.15) is 0 Å². The number of hydrogen-bond donors (Lipinski definition) is 1. The van der Waals surface area contributed by atoms with Crippen molar-refractivity contribution in [1.29, 1.82) is 0 Å². The fourth-order valence-corrected chi connectivity index (χ4v) is 2.18. The molecule has 0 aliphatic carbocycles. The second-order valence-corrected chi connectivity index (χ2v) is 5.02. The van der Waals surface area contributed by atoms with Crippen molar-refractivity contribution in [3.8, 4) is 11.1 Å². The van der Waals surface area contributed by atoms with Crippen LogP contribution in [0.1, 0.15) is 31.9 Å². The van der Waals surface area contributed by atoms with Crippen molar-refractivity contribution < 1.29 is 13.2 Å². The first kappa shape index (κ1) is 15.6. The molecule has 0 bridgehead atoms. The van der Waals surface area contributed by atoms with Gasteiger partial charge in [0.1, 0.15) is 0 Å². The van der Waals surface area contributed by atoms with E-state index in [9.17, 15) is 13.2 Å². The van der Waals surface area contributed by atoms with Crippen LogP contribution >= 0.6 is 0 Å². The minimum absolute atomic E-state index is 0.0645. The van der Waals surface area contributed by atoms with Crippen LogP contribution in [-0.2, 0) is 0 Å². The summed E-state index contributed by atoms with van der Waals surface area (Å²) in [6, 6.07) is 9.54. The summed E-state index contributed by atoms with van der Waals surface area (Å²) < 4.78 is 40.0. The van der Waals surface area contributed by atoms with E-state index in [0.717, 1.165) is 24.6 Å². The summed E-state index contributed by atoms with van der Waals surface area (Å²) in [6.07, 6.45) is 1.04. The lowest BCUT2D eigenvalue weighted by atomic mass is 10.0. The van der Waals surface area contributed by atoms with Crippen molar-refractivity contribution in [2.24, 2.45) is 0 Å². The number of rotatable bonds is 5. The molecule has 1 unspecified atom stereocenters. The smallest absolute Gasteiger partial charge is 0.195 e. The van der Waals surface area contributed by atoms with Gasteiger partial charge in [0, 0.05) is 11.6 Å². The Morgan fingerprint density at radius 2 is 1.62 bits per heavy atom. The normalized spacial score (nSPS) is 12.4. The second kappa shape index (κ2) is 6.76. The molecule has 2 aromatic carbocycles. The van der Waals surface area contributed by atoms with Gasteiger partial charge in [-0.1, -0.05) is 31.2 Å². The lowest BCUT2D eigenvalue weighted by Gasteiger charge is -2.14. The Labute approximate surface area is 122 Å². The zero-order valence-corrected chi connectivity index (χ0v) is 12.1. The van der Waals surface area contributed by atoms with Gasteiger partial charge < -0.3 is 5.32 Å². The summed E-state index contributed by atoms with van der Waals surface area (Å²) in [6.45, 7) is 5.05. The summed E-state index contributed by atoms with van der Waals surface area (Å²) in [5.41, 5.74) is 1.66. The highest BCUT2D eigenvalue weighted by atomic mass is 19.2. The topological polar surface area (TPSA) is 12.0 Å². The van der Waals surface area contributed by atoms with Crippen LogP contribution in [0.3, 0.4) is 0 Å². The maximum Gasteiger partial charge on any atom is 0.195 e. The van der Waals surface area contributed by atoms with Gasteiger partial charge in [-0.25, -0.2) is 13.2 Å². The van der Waals surface area contributed by atoms with E-state index in [1.165, 1.54) is 6.07 Å². The molecule has 0 aromatic heterocycles. The van der Waals surface area contributed by atoms with Gasteiger partial charge in [-0.3, -0.25) is 0 Å². The molecule has 1 nitrogen and oxygen atoms in total. The van der Waals surface area contributed by atoms with Gasteiger partial charge in [0.25, 0.3) is 0 Å². The fourth-order valence-electron chi connectivity index (χ4n) is 2.18.